The standard InChI is InChI=1S/C19H24N2O6.C5H11NO2/c1-4-25-18(23)9-14(19(24)26-5-2)8-13-6-7-17-15(10-20-21-17)16(13)11-27-12(3)22;1-5(2)3-4-8-6-7/h6-7,10,14H,4-5,8-9,11H2,1-3H3,(H,20,21);5H,3-4H2,1-2H3/t14-;/m0./s1. The third kappa shape index (κ3) is 11.0. The maximum atomic E-state index is 12.3. The Bertz CT molecular complexity index is 957. The van der Waals surface area contributed by atoms with Crippen LogP contribution in [0.3, 0.4) is 0 Å². The number of fused-ring (bicyclic) bond motifs is 1. The van der Waals surface area contributed by atoms with Crippen molar-refractivity contribution in [3.8, 4) is 0 Å². The van der Waals surface area contributed by atoms with Crippen LogP contribution in [-0.2, 0) is 46.5 Å². The van der Waals surface area contributed by atoms with Gasteiger partial charge in [-0.25, -0.2) is 0 Å². The molecule has 1 atom stereocenters. The fraction of sp³-hybridized carbons (Fsp3) is 0.583. The maximum absolute atomic E-state index is 12.3. The van der Waals surface area contributed by atoms with E-state index in [2.05, 4.69) is 34.2 Å². The monoisotopic (exact) mass is 493 g/mol. The van der Waals surface area contributed by atoms with Gasteiger partial charge in [0.2, 0.25) is 0 Å². The molecule has 0 saturated heterocycles. The van der Waals surface area contributed by atoms with Gasteiger partial charge in [0, 0.05) is 17.9 Å². The molecule has 11 heteroatoms. The Hall–Kier alpha value is -3.50. The Kier molecular flexibility index (Phi) is 13.7. The number of carbonyl (C=O) groups excluding carboxylic acids is 3. The highest BCUT2D eigenvalue weighted by Gasteiger charge is 2.26. The molecule has 1 heterocycles. The molecule has 0 spiro atoms. The normalized spacial score (nSPS) is 11.3. The van der Waals surface area contributed by atoms with E-state index in [4.69, 9.17) is 14.2 Å². The van der Waals surface area contributed by atoms with E-state index in [1.165, 1.54) is 6.92 Å². The highest BCUT2D eigenvalue weighted by atomic mass is 16.7. The lowest BCUT2D eigenvalue weighted by molar-refractivity contribution is -0.154. The zero-order chi connectivity index (χ0) is 26.2. The Morgan fingerprint density at radius 3 is 2.40 bits per heavy atom. The zero-order valence-electron chi connectivity index (χ0n) is 21.0. The molecule has 0 saturated carbocycles. The number of benzene rings is 1. The minimum atomic E-state index is -0.690. The lowest BCUT2D eigenvalue weighted by Gasteiger charge is -2.17. The van der Waals surface area contributed by atoms with E-state index in [1.807, 2.05) is 12.1 Å². The van der Waals surface area contributed by atoms with Gasteiger partial charge in [0.1, 0.15) is 13.2 Å². The van der Waals surface area contributed by atoms with Crippen molar-refractivity contribution in [3.63, 3.8) is 0 Å². The second-order valence-electron chi connectivity index (χ2n) is 8.07. The van der Waals surface area contributed by atoms with E-state index < -0.39 is 23.8 Å². The molecule has 0 unspecified atom stereocenters. The number of aromatic amines is 1. The molecule has 35 heavy (non-hydrogen) atoms. The predicted molar refractivity (Wildman–Crippen MR) is 128 cm³/mol. The molecule has 0 radical (unpaired) electrons. The highest BCUT2D eigenvalue weighted by molar-refractivity contribution is 5.84. The largest absolute Gasteiger partial charge is 0.466 e. The summed E-state index contributed by atoms with van der Waals surface area (Å²) >= 11 is 0. The van der Waals surface area contributed by atoms with Gasteiger partial charge in [-0.15, -0.1) is 4.91 Å². The molecule has 1 N–H and O–H groups in total. The predicted octanol–water partition coefficient (Wildman–Crippen LogP) is 4.03. The minimum absolute atomic E-state index is 0.0521. The second-order valence-corrected chi connectivity index (χ2v) is 8.07. The zero-order valence-corrected chi connectivity index (χ0v) is 21.0. The van der Waals surface area contributed by atoms with Crippen molar-refractivity contribution in [1.29, 1.82) is 0 Å². The van der Waals surface area contributed by atoms with Crippen LogP contribution >= 0.6 is 0 Å². The Morgan fingerprint density at radius 2 is 1.80 bits per heavy atom. The van der Waals surface area contributed by atoms with Crippen molar-refractivity contribution in [3.05, 3.63) is 34.4 Å². The smallest absolute Gasteiger partial charge is 0.309 e. The van der Waals surface area contributed by atoms with Crippen LogP contribution in [0, 0.1) is 16.7 Å². The number of rotatable bonds is 13. The number of esters is 3. The Morgan fingerprint density at radius 1 is 1.09 bits per heavy atom. The van der Waals surface area contributed by atoms with Crippen molar-refractivity contribution in [1.82, 2.24) is 10.2 Å². The van der Waals surface area contributed by atoms with Gasteiger partial charge in [0.15, 0.2) is 5.34 Å². The molecule has 1 aromatic heterocycles. The van der Waals surface area contributed by atoms with Crippen molar-refractivity contribution < 1.29 is 33.4 Å². The van der Waals surface area contributed by atoms with Gasteiger partial charge in [-0.05, 0) is 44.2 Å². The maximum Gasteiger partial charge on any atom is 0.309 e. The summed E-state index contributed by atoms with van der Waals surface area (Å²) in [4.78, 5) is 49.0. The fourth-order valence-electron chi connectivity index (χ4n) is 3.17. The summed E-state index contributed by atoms with van der Waals surface area (Å²) in [6.45, 7) is 9.84. The molecule has 2 rings (SSSR count). The number of nitrogens with zero attached hydrogens (tertiary/aromatic N) is 2. The van der Waals surface area contributed by atoms with Gasteiger partial charge in [-0.1, -0.05) is 19.9 Å². The Balaban J connectivity index is 0.000000658. The summed E-state index contributed by atoms with van der Waals surface area (Å²) in [5, 5.41) is 9.94. The van der Waals surface area contributed by atoms with Gasteiger partial charge in [-0.3, -0.25) is 19.5 Å². The highest BCUT2D eigenvalue weighted by Crippen LogP contribution is 2.26. The quantitative estimate of drug-likeness (QED) is 0.144. The van der Waals surface area contributed by atoms with Crippen LogP contribution in [0.1, 0.15) is 58.6 Å². The van der Waals surface area contributed by atoms with Crippen LogP contribution in [0.5, 0.6) is 0 Å². The number of hydrogen-bond donors (Lipinski definition) is 1. The third-order valence-electron chi connectivity index (χ3n) is 4.90. The van der Waals surface area contributed by atoms with Crippen LogP contribution in [-0.4, -0.2) is 47.9 Å². The summed E-state index contributed by atoms with van der Waals surface area (Å²) < 4.78 is 15.3. The first-order chi connectivity index (χ1) is 16.7. The SMILES string of the molecule is CC(C)CCON=O.CCOC(=O)C[C@H](Cc1ccc2[nH]ncc2c1COC(C)=O)C(=O)OCC. The molecule has 0 fully saturated rings. The number of nitrogens with one attached hydrogen (secondary N) is 1. The first-order valence-electron chi connectivity index (χ1n) is 11.6. The second kappa shape index (κ2) is 16.2. The molecule has 0 amide bonds. The average Bonchev–Trinajstić information content (AvgIpc) is 3.27. The molecule has 11 nitrogen and oxygen atoms in total. The number of aromatic nitrogens is 2. The van der Waals surface area contributed by atoms with Crippen LogP contribution in [0.4, 0.5) is 0 Å². The lowest BCUT2D eigenvalue weighted by Crippen LogP contribution is -2.24. The Labute approximate surface area is 204 Å². The average molecular weight is 494 g/mol. The number of H-pyrrole nitrogens is 1. The molecule has 1 aromatic carbocycles. The molecule has 0 aliphatic carbocycles. The van der Waals surface area contributed by atoms with Crippen molar-refractivity contribution >= 4 is 28.8 Å². The van der Waals surface area contributed by atoms with Gasteiger partial charge >= 0.3 is 17.9 Å². The van der Waals surface area contributed by atoms with E-state index in [-0.39, 0.29) is 32.7 Å². The molecular weight excluding hydrogens is 458 g/mol. The number of carbonyl (C=O) groups is 3. The van der Waals surface area contributed by atoms with Crippen LogP contribution < -0.4 is 0 Å². The van der Waals surface area contributed by atoms with E-state index in [9.17, 15) is 19.3 Å². The lowest BCUT2D eigenvalue weighted by atomic mass is 9.92. The fourth-order valence-corrected chi connectivity index (χ4v) is 3.17. The first kappa shape index (κ1) is 29.5. The molecule has 2 aromatic rings. The van der Waals surface area contributed by atoms with Gasteiger partial charge in [0.05, 0.1) is 37.3 Å². The van der Waals surface area contributed by atoms with Crippen LogP contribution in [0.15, 0.2) is 23.7 Å². The molecular formula is C24H35N3O8. The summed E-state index contributed by atoms with van der Waals surface area (Å²) in [5.41, 5.74) is 2.32. The first-order valence-corrected chi connectivity index (χ1v) is 11.6. The van der Waals surface area contributed by atoms with Crippen molar-refractivity contribution in [2.75, 3.05) is 19.8 Å². The van der Waals surface area contributed by atoms with E-state index in [1.54, 1.807) is 20.0 Å². The summed E-state index contributed by atoms with van der Waals surface area (Å²) in [6, 6.07) is 3.66. The van der Waals surface area contributed by atoms with Crippen LogP contribution in [0.2, 0.25) is 0 Å². The topological polar surface area (TPSA) is 146 Å². The van der Waals surface area contributed by atoms with E-state index in [0.717, 1.165) is 28.5 Å². The summed E-state index contributed by atoms with van der Waals surface area (Å²) in [5.74, 6) is -1.44. The van der Waals surface area contributed by atoms with Crippen LogP contribution in [0.25, 0.3) is 10.9 Å². The number of ether oxygens (including phenoxy) is 3. The molecule has 194 valence electrons. The van der Waals surface area contributed by atoms with Gasteiger partial charge in [0.25, 0.3) is 0 Å². The van der Waals surface area contributed by atoms with Gasteiger partial charge < -0.3 is 19.0 Å². The van der Waals surface area contributed by atoms with E-state index >= 15 is 0 Å². The summed E-state index contributed by atoms with van der Waals surface area (Å²) in [6.07, 6.45) is 2.71. The molecule has 0 bridgehead atoms. The van der Waals surface area contributed by atoms with Gasteiger partial charge in [-0.2, -0.15) is 5.10 Å². The molecule has 0 aliphatic heterocycles. The van der Waals surface area contributed by atoms with Crippen molar-refractivity contribution in [2.24, 2.45) is 17.2 Å². The van der Waals surface area contributed by atoms with E-state index in [0.29, 0.717) is 12.5 Å². The molecule has 0 aliphatic rings. The third-order valence-corrected chi connectivity index (χ3v) is 4.90. The number of hydrogen-bond acceptors (Lipinski definition) is 10. The minimum Gasteiger partial charge on any atom is -0.466 e. The van der Waals surface area contributed by atoms with Crippen molar-refractivity contribution in [2.45, 2.75) is 60.5 Å². The summed E-state index contributed by atoms with van der Waals surface area (Å²) in [7, 11) is 0.